The maximum Gasteiger partial charge on any atom is 0.411 e. The molecule has 3 aromatic carbocycles. The van der Waals surface area contributed by atoms with E-state index in [1.54, 1.807) is 78.9 Å². The SMILES string of the molecule is O=C1c2ccccc2-c2ccccc2C(OCC(F)(F)F)N1Nc1ccccc1. The van der Waals surface area contributed by atoms with Crippen molar-refractivity contribution in [2.75, 3.05) is 12.0 Å². The van der Waals surface area contributed by atoms with Gasteiger partial charge >= 0.3 is 6.18 Å². The van der Waals surface area contributed by atoms with Crippen LogP contribution < -0.4 is 5.43 Å². The van der Waals surface area contributed by atoms with Crippen LogP contribution in [0.5, 0.6) is 0 Å². The molecule has 0 radical (unpaired) electrons. The van der Waals surface area contributed by atoms with E-state index in [4.69, 9.17) is 4.74 Å². The summed E-state index contributed by atoms with van der Waals surface area (Å²) < 4.78 is 44.1. The number of benzene rings is 3. The minimum atomic E-state index is -4.53. The first-order valence-corrected chi connectivity index (χ1v) is 8.96. The van der Waals surface area contributed by atoms with Crippen LogP contribution >= 0.6 is 0 Å². The molecule has 1 unspecified atom stereocenters. The molecule has 7 heteroatoms. The Morgan fingerprint density at radius 3 is 2.10 bits per heavy atom. The van der Waals surface area contributed by atoms with E-state index in [0.29, 0.717) is 27.9 Å². The van der Waals surface area contributed by atoms with Crippen LogP contribution in [-0.2, 0) is 4.74 Å². The fraction of sp³-hybridized carbons (Fsp3) is 0.136. The lowest BCUT2D eigenvalue weighted by atomic mass is 9.96. The number of rotatable bonds is 4. The summed E-state index contributed by atoms with van der Waals surface area (Å²) in [6.45, 7) is -1.48. The Morgan fingerprint density at radius 2 is 1.41 bits per heavy atom. The van der Waals surface area contributed by atoms with Crippen molar-refractivity contribution in [2.24, 2.45) is 0 Å². The highest BCUT2D eigenvalue weighted by molar-refractivity contribution is 6.03. The van der Waals surface area contributed by atoms with E-state index in [-0.39, 0.29) is 0 Å². The third-order valence-electron chi connectivity index (χ3n) is 4.56. The van der Waals surface area contributed by atoms with E-state index in [1.807, 2.05) is 0 Å². The van der Waals surface area contributed by atoms with Gasteiger partial charge in [0.05, 0.1) is 5.69 Å². The van der Waals surface area contributed by atoms with Crippen LogP contribution in [0.15, 0.2) is 78.9 Å². The molecule has 0 saturated heterocycles. The number of hydrogen-bond acceptors (Lipinski definition) is 3. The van der Waals surface area contributed by atoms with E-state index < -0.39 is 24.9 Å². The van der Waals surface area contributed by atoms with Crippen molar-refractivity contribution in [1.29, 1.82) is 0 Å². The molecule has 1 aliphatic heterocycles. The normalized spacial score (nSPS) is 16.0. The number of amides is 1. The molecule has 1 N–H and O–H groups in total. The molecule has 1 heterocycles. The van der Waals surface area contributed by atoms with Gasteiger partial charge in [0.25, 0.3) is 5.91 Å². The Labute approximate surface area is 165 Å². The monoisotopic (exact) mass is 398 g/mol. The molecule has 0 aromatic heterocycles. The second-order valence-corrected chi connectivity index (χ2v) is 6.56. The molecule has 0 bridgehead atoms. The maximum atomic E-state index is 13.3. The summed E-state index contributed by atoms with van der Waals surface area (Å²) in [6, 6.07) is 22.6. The van der Waals surface area contributed by atoms with E-state index >= 15 is 0 Å². The predicted octanol–water partition coefficient (Wildman–Crippen LogP) is 5.41. The first-order valence-electron chi connectivity index (χ1n) is 8.96. The van der Waals surface area contributed by atoms with Gasteiger partial charge in [0.15, 0.2) is 6.23 Å². The smallest absolute Gasteiger partial charge is 0.343 e. The Hall–Kier alpha value is -3.32. The Balaban J connectivity index is 1.85. The molecule has 29 heavy (non-hydrogen) atoms. The summed E-state index contributed by atoms with van der Waals surface area (Å²) in [5.41, 5.74) is 5.63. The highest BCUT2D eigenvalue weighted by Crippen LogP contribution is 2.39. The topological polar surface area (TPSA) is 41.6 Å². The van der Waals surface area contributed by atoms with Crippen LogP contribution in [0.4, 0.5) is 18.9 Å². The number of alkyl halides is 3. The minimum absolute atomic E-state index is 0.376. The lowest BCUT2D eigenvalue weighted by Gasteiger charge is -2.32. The van der Waals surface area contributed by atoms with Gasteiger partial charge in [-0.2, -0.15) is 13.2 Å². The standard InChI is InChI=1S/C22H17F3N2O2/c23-22(24,25)14-29-21-19-13-7-5-11-17(19)16-10-4-6-12-18(16)20(28)27(21)26-15-8-2-1-3-9-15/h1-13,21,26H,14H2. The molecular formula is C22H17F3N2O2. The number of fused-ring (bicyclic) bond motifs is 3. The summed E-state index contributed by atoms with van der Waals surface area (Å²) >= 11 is 0. The molecule has 3 aromatic rings. The summed E-state index contributed by atoms with van der Waals surface area (Å²) in [5.74, 6) is -0.479. The van der Waals surface area contributed by atoms with Gasteiger partial charge in [0.2, 0.25) is 0 Å². The van der Waals surface area contributed by atoms with Gasteiger partial charge < -0.3 is 4.74 Å². The highest BCUT2D eigenvalue weighted by Gasteiger charge is 2.37. The van der Waals surface area contributed by atoms with Crippen LogP contribution in [0, 0.1) is 0 Å². The van der Waals surface area contributed by atoms with E-state index in [9.17, 15) is 18.0 Å². The number of ether oxygens (including phenoxy) is 1. The Bertz CT molecular complexity index is 1020. The van der Waals surface area contributed by atoms with Crippen molar-refractivity contribution in [3.05, 3.63) is 90.0 Å². The minimum Gasteiger partial charge on any atom is -0.343 e. The number of anilines is 1. The molecule has 1 amide bonds. The Kier molecular flexibility index (Phi) is 4.98. The molecule has 0 aliphatic carbocycles. The van der Waals surface area contributed by atoms with E-state index in [1.165, 1.54) is 0 Å². The van der Waals surface area contributed by atoms with Crippen molar-refractivity contribution in [3.8, 4) is 11.1 Å². The van der Waals surface area contributed by atoms with Gasteiger partial charge in [-0.3, -0.25) is 10.2 Å². The van der Waals surface area contributed by atoms with Crippen LogP contribution in [0.25, 0.3) is 11.1 Å². The summed E-state index contributed by atoms with van der Waals surface area (Å²) in [6.07, 6.45) is -5.80. The molecule has 4 nitrogen and oxygen atoms in total. The third kappa shape index (κ3) is 3.95. The Morgan fingerprint density at radius 1 is 0.828 bits per heavy atom. The molecule has 1 aliphatic rings. The second kappa shape index (κ2) is 7.60. The zero-order valence-corrected chi connectivity index (χ0v) is 15.2. The average Bonchev–Trinajstić information content (AvgIpc) is 2.81. The number of hydrogen-bond donors (Lipinski definition) is 1. The summed E-state index contributed by atoms with van der Waals surface area (Å²) in [4.78, 5) is 13.3. The van der Waals surface area contributed by atoms with Gasteiger partial charge in [-0.05, 0) is 29.3 Å². The first-order chi connectivity index (χ1) is 13.9. The largest absolute Gasteiger partial charge is 0.411 e. The molecule has 148 valence electrons. The van der Waals surface area contributed by atoms with Gasteiger partial charge in [-0.25, -0.2) is 5.01 Å². The average molecular weight is 398 g/mol. The molecule has 0 saturated carbocycles. The van der Waals surface area contributed by atoms with Gasteiger partial charge in [0, 0.05) is 11.1 Å². The fourth-order valence-electron chi connectivity index (χ4n) is 3.34. The van der Waals surface area contributed by atoms with Crippen LogP contribution in [0.1, 0.15) is 22.1 Å². The number of carbonyl (C=O) groups is 1. The van der Waals surface area contributed by atoms with Crippen molar-refractivity contribution in [3.63, 3.8) is 0 Å². The molecular weight excluding hydrogens is 381 g/mol. The quantitative estimate of drug-likeness (QED) is 0.639. The predicted molar refractivity (Wildman–Crippen MR) is 103 cm³/mol. The zero-order valence-electron chi connectivity index (χ0n) is 15.2. The molecule has 4 rings (SSSR count). The molecule has 1 atom stereocenters. The van der Waals surface area contributed by atoms with Gasteiger partial charge in [-0.1, -0.05) is 60.7 Å². The van der Waals surface area contributed by atoms with Crippen LogP contribution in [0.2, 0.25) is 0 Å². The number of halogens is 3. The lowest BCUT2D eigenvalue weighted by Crippen LogP contribution is -2.41. The van der Waals surface area contributed by atoms with Crippen molar-refractivity contribution in [1.82, 2.24) is 5.01 Å². The van der Waals surface area contributed by atoms with Gasteiger partial charge in [-0.15, -0.1) is 0 Å². The van der Waals surface area contributed by atoms with Crippen molar-refractivity contribution < 1.29 is 22.7 Å². The van der Waals surface area contributed by atoms with Crippen LogP contribution in [0.3, 0.4) is 0 Å². The second-order valence-electron chi connectivity index (χ2n) is 6.56. The number of carbonyl (C=O) groups excluding carboxylic acids is 1. The van der Waals surface area contributed by atoms with Crippen LogP contribution in [-0.4, -0.2) is 23.7 Å². The summed E-state index contributed by atoms with van der Waals surface area (Å²) in [7, 11) is 0. The van der Waals surface area contributed by atoms with Crippen molar-refractivity contribution >= 4 is 11.6 Å². The van der Waals surface area contributed by atoms with Gasteiger partial charge in [0.1, 0.15) is 6.61 Å². The molecule has 0 fully saturated rings. The third-order valence-corrected chi connectivity index (χ3v) is 4.56. The van der Waals surface area contributed by atoms with Crippen molar-refractivity contribution in [2.45, 2.75) is 12.4 Å². The van der Waals surface area contributed by atoms with E-state index in [0.717, 1.165) is 5.01 Å². The van der Waals surface area contributed by atoms with E-state index in [2.05, 4.69) is 5.43 Å². The number of nitrogens with one attached hydrogen (secondary N) is 1. The zero-order chi connectivity index (χ0) is 20.4. The maximum absolute atomic E-state index is 13.3. The summed E-state index contributed by atoms with van der Waals surface area (Å²) in [5, 5.41) is 1.12. The first kappa shape index (κ1) is 19.0. The lowest BCUT2D eigenvalue weighted by molar-refractivity contribution is -0.198. The fourth-order valence-corrected chi connectivity index (χ4v) is 3.34. The number of para-hydroxylation sites is 1. The number of hydrazine groups is 1. The molecule has 0 spiro atoms. The highest BCUT2D eigenvalue weighted by atomic mass is 19.4. The number of nitrogens with zero attached hydrogens (tertiary/aromatic N) is 1.